The molecule has 1 aromatic heterocycles. The first-order valence-corrected chi connectivity index (χ1v) is 3.90. The molecule has 0 saturated carbocycles. The van der Waals surface area contributed by atoms with Crippen LogP contribution in [0.2, 0.25) is 0 Å². The maximum Gasteiger partial charge on any atom is 0.257 e. The van der Waals surface area contributed by atoms with Crippen LogP contribution in [0.3, 0.4) is 0 Å². The molecule has 0 aliphatic heterocycles. The summed E-state index contributed by atoms with van der Waals surface area (Å²) in [6, 6.07) is 0. The molecule has 0 spiro atoms. The minimum Gasteiger partial charge on any atom is -0.332 e. The van der Waals surface area contributed by atoms with Crippen molar-refractivity contribution in [3.63, 3.8) is 0 Å². The second-order valence-electron chi connectivity index (χ2n) is 3.76. The maximum absolute atomic E-state index is 6.68. The van der Waals surface area contributed by atoms with Crippen LogP contribution >= 0.6 is 0 Å². The molecule has 3 nitrogen and oxygen atoms in total. The highest BCUT2D eigenvalue weighted by atomic mass is 15.1. The first-order valence-electron chi connectivity index (χ1n) is 3.90. The molecule has 0 bridgehead atoms. The summed E-state index contributed by atoms with van der Waals surface area (Å²) in [7, 11) is 0. The molecular formula is C9H13N3. The van der Waals surface area contributed by atoms with Gasteiger partial charge in [-0.25, -0.2) is 11.6 Å². The summed E-state index contributed by atoms with van der Waals surface area (Å²) in [5.74, 6) is 0. The van der Waals surface area contributed by atoms with Gasteiger partial charge in [-0.2, -0.15) is 0 Å². The first-order chi connectivity index (χ1) is 5.54. The van der Waals surface area contributed by atoms with E-state index in [9.17, 15) is 0 Å². The Bertz CT molecular complexity index is 298. The molecule has 1 aromatic rings. The molecule has 0 N–H and O–H groups in total. The van der Waals surface area contributed by atoms with E-state index in [2.05, 4.69) is 30.6 Å². The fourth-order valence-corrected chi connectivity index (χ4v) is 0.893. The minimum absolute atomic E-state index is 0.0628. The van der Waals surface area contributed by atoms with E-state index in [1.807, 2.05) is 10.8 Å². The lowest BCUT2D eigenvalue weighted by molar-refractivity contribution is 0.396. The predicted molar refractivity (Wildman–Crippen MR) is 47.5 cm³/mol. The Morgan fingerprint density at radius 3 is 2.67 bits per heavy atom. The smallest absolute Gasteiger partial charge is 0.257 e. The minimum atomic E-state index is 0.0628. The normalized spacial score (nSPS) is 11.2. The number of imidazole rings is 1. The zero-order chi connectivity index (χ0) is 9.19. The summed E-state index contributed by atoms with van der Waals surface area (Å²) in [6.45, 7) is 13.4. The van der Waals surface area contributed by atoms with Crippen LogP contribution in [0.5, 0.6) is 0 Å². The highest BCUT2D eigenvalue weighted by molar-refractivity contribution is 5.01. The third-order valence-electron chi connectivity index (χ3n) is 1.65. The lowest BCUT2D eigenvalue weighted by atomic mass is 10.1. The van der Waals surface area contributed by atoms with Gasteiger partial charge in [-0.05, 0) is 20.8 Å². The molecule has 64 valence electrons. The maximum atomic E-state index is 6.68. The highest BCUT2D eigenvalue weighted by Gasteiger charge is 2.13. The van der Waals surface area contributed by atoms with Crippen LogP contribution in [0.4, 0.5) is 0 Å². The van der Waals surface area contributed by atoms with E-state index in [1.54, 1.807) is 6.33 Å². The van der Waals surface area contributed by atoms with Crippen molar-refractivity contribution < 1.29 is 0 Å². The molecule has 0 radical (unpaired) electrons. The lowest BCUT2D eigenvalue weighted by Crippen LogP contribution is -2.19. The molecule has 0 aliphatic rings. The molecule has 12 heavy (non-hydrogen) atoms. The monoisotopic (exact) mass is 163 g/mol. The van der Waals surface area contributed by atoms with Crippen LogP contribution in [0.25, 0.3) is 4.85 Å². The Balaban J connectivity index is 2.86. The van der Waals surface area contributed by atoms with Gasteiger partial charge in [0.1, 0.15) is 5.69 Å². The summed E-state index contributed by atoms with van der Waals surface area (Å²) in [6.07, 6.45) is 3.71. The fourth-order valence-electron chi connectivity index (χ4n) is 0.893. The summed E-state index contributed by atoms with van der Waals surface area (Å²) in [4.78, 5) is 7.40. The molecule has 0 fully saturated rings. The van der Waals surface area contributed by atoms with E-state index in [1.165, 1.54) is 0 Å². The van der Waals surface area contributed by atoms with Gasteiger partial charge in [0.15, 0.2) is 0 Å². The molecule has 1 rings (SSSR count). The Hall–Kier alpha value is -1.30. The zero-order valence-corrected chi connectivity index (χ0v) is 7.70. The largest absolute Gasteiger partial charge is 0.332 e. The van der Waals surface area contributed by atoms with E-state index in [0.29, 0.717) is 6.54 Å². The number of hydrogen-bond acceptors (Lipinski definition) is 1. The molecule has 0 atom stereocenters. The molecular weight excluding hydrogens is 150 g/mol. The second-order valence-corrected chi connectivity index (χ2v) is 3.76. The molecule has 3 heteroatoms. The van der Waals surface area contributed by atoms with Crippen molar-refractivity contribution in [2.24, 2.45) is 0 Å². The van der Waals surface area contributed by atoms with Crippen molar-refractivity contribution in [1.82, 2.24) is 9.55 Å². The predicted octanol–water partition coefficient (Wildman–Crippen LogP) is 2.06. The van der Waals surface area contributed by atoms with Crippen molar-refractivity contribution in [3.8, 4) is 0 Å². The van der Waals surface area contributed by atoms with Gasteiger partial charge in [0, 0.05) is 11.7 Å². The standard InChI is InChI=1S/C9H13N3/c1-9(2,3)12-6-8(5-10-4)11-7-12/h6-7H,5H2,1-3H3. The Morgan fingerprint density at radius 1 is 1.58 bits per heavy atom. The number of rotatable bonds is 1. The van der Waals surface area contributed by atoms with Crippen molar-refractivity contribution >= 4 is 0 Å². The molecule has 0 aliphatic carbocycles. The van der Waals surface area contributed by atoms with Crippen molar-refractivity contribution in [2.75, 3.05) is 0 Å². The van der Waals surface area contributed by atoms with Crippen LogP contribution in [0, 0.1) is 6.57 Å². The van der Waals surface area contributed by atoms with Crippen LogP contribution in [0.15, 0.2) is 12.5 Å². The number of hydrogen-bond donors (Lipinski definition) is 0. The molecule has 0 unspecified atom stereocenters. The third kappa shape index (κ3) is 1.85. The van der Waals surface area contributed by atoms with Gasteiger partial charge in [0.05, 0.1) is 6.33 Å². The van der Waals surface area contributed by atoms with Gasteiger partial charge in [-0.1, -0.05) is 0 Å². The van der Waals surface area contributed by atoms with E-state index in [4.69, 9.17) is 6.57 Å². The summed E-state index contributed by atoms with van der Waals surface area (Å²) >= 11 is 0. The Labute approximate surface area is 72.9 Å². The van der Waals surface area contributed by atoms with Crippen LogP contribution in [-0.4, -0.2) is 9.55 Å². The van der Waals surface area contributed by atoms with Crippen LogP contribution in [0.1, 0.15) is 26.5 Å². The fraction of sp³-hybridized carbons (Fsp3) is 0.556. The van der Waals surface area contributed by atoms with Gasteiger partial charge >= 0.3 is 0 Å². The number of aromatic nitrogens is 2. The van der Waals surface area contributed by atoms with Gasteiger partial charge in [0.2, 0.25) is 0 Å². The first kappa shape index (κ1) is 8.79. The average molecular weight is 163 g/mol. The summed E-state index contributed by atoms with van der Waals surface area (Å²) in [5, 5.41) is 0. The average Bonchev–Trinajstić information content (AvgIpc) is 2.35. The Morgan fingerprint density at radius 2 is 2.25 bits per heavy atom. The van der Waals surface area contributed by atoms with Crippen LogP contribution in [-0.2, 0) is 12.1 Å². The van der Waals surface area contributed by atoms with Gasteiger partial charge in [-0.3, -0.25) is 0 Å². The van der Waals surface area contributed by atoms with Crippen molar-refractivity contribution in [1.29, 1.82) is 0 Å². The SMILES string of the molecule is [C-]#[N+]Cc1cn(C(C)(C)C)cn1. The lowest BCUT2D eigenvalue weighted by Gasteiger charge is -2.19. The van der Waals surface area contributed by atoms with Crippen molar-refractivity contribution in [3.05, 3.63) is 29.6 Å². The second kappa shape index (κ2) is 2.98. The topological polar surface area (TPSA) is 22.2 Å². The molecule has 0 aromatic carbocycles. The van der Waals surface area contributed by atoms with Crippen LogP contribution < -0.4 is 0 Å². The third-order valence-corrected chi connectivity index (χ3v) is 1.65. The zero-order valence-electron chi connectivity index (χ0n) is 7.70. The van der Waals surface area contributed by atoms with Gasteiger partial charge in [-0.15, -0.1) is 0 Å². The van der Waals surface area contributed by atoms with E-state index < -0.39 is 0 Å². The Kier molecular flexibility index (Phi) is 2.18. The van der Waals surface area contributed by atoms with Crippen molar-refractivity contribution in [2.45, 2.75) is 32.9 Å². The van der Waals surface area contributed by atoms with E-state index in [-0.39, 0.29) is 5.54 Å². The highest BCUT2D eigenvalue weighted by Crippen LogP contribution is 2.13. The summed E-state index contributed by atoms with van der Waals surface area (Å²) in [5.41, 5.74) is 0.910. The molecule has 0 saturated heterocycles. The quantitative estimate of drug-likeness (QED) is 0.581. The van der Waals surface area contributed by atoms with E-state index >= 15 is 0 Å². The summed E-state index contributed by atoms with van der Waals surface area (Å²) < 4.78 is 2.02. The van der Waals surface area contributed by atoms with Gasteiger partial charge in [0.25, 0.3) is 6.54 Å². The molecule has 0 amide bonds. The molecule has 1 heterocycles. The van der Waals surface area contributed by atoms with E-state index in [0.717, 1.165) is 5.69 Å². The number of nitrogens with zero attached hydrogens (tertiary/aromatic N) is 3. The van der Waals surface area contributed by atoms with Gasteiger partial charge < -0.3 is 9.41 Å².